The molecule has 1 aromatic rings. The smallest absolute Gasteiger partial charge is 0.293 e. The van der Waals surface area contributed by atoms with Crippen molar-refractivity contribution < 1.29 is 19.3 Å². The predicted octanol–water partition coefficient (Wildman–Crippen LogP) is 2.10. The standard InChI is InChI=1S/C18H19N3O5/c1-10-7-8-14(21(25)26)16(11(10)2)19-15(22)9-20-17(23)12-5-3-4-6-13(12)18(20)24/h3-4,7-8,12-13H,5-6,9H2,1-2H3,(H,19,22)/t12-,13+. The second kappa shape index (κ2) is 6.70. The number of benzene rings is 1. The van der Waals surface area contributed by atoms with Crippen molar-refractivity contribution in [1.82, 2.24) is 4.90 Å². The highest BCUT2D eigenvalue weighted by Gasteiger charge is 2.47. The zero-order valence-electron chi connectivity index (χ0n) is 14.5. The number of carbonyl (C=O) groups excluding carboxylic acids is 3. The monoisotopic (exact) mass is 357 g/mol. The molecule has 136 valence electrons. The Morgan fingerprint density at radius 2 is 1.77 bits per heavy atom. The minimum atomic E-state index is -0.630. The molecule has 26 heavy (non-hydrogen) atoms. The quantitative estimate of drug-likeness (QED) is 0.384. The average Bonchev–Trinajstić information content (AvgIpc) is 2.84. The van der Waals surface area contributed by atoms with Crippen LogP contribution in [0.3, 0.4) is 0 Å². The summed E-state index contributed by atoms with van der Waals surface area (Å²) in [6, 6.07) is 2.93. The average molecular weight is 357 g/mol. The van der Waals surface area contributed by atoms with Crippen LogP contribution in [0.15, 0.2) is 24.3 Å². The van der Waals surface area contributed by atoms with Crippen LogP contribution in [0.25, 0.3) is 0 Å². The molecular weight excluding hydrogens is 338 g/mol. The summed E-state index contributed by atoms with van der Waals surface area (Å²) < 4.78 is 0. The number of rotatable bonds is 4. The number of amides is 3. The molecule has 0 radical (unpaired) electrons. The summed E-state index contributed by atoms with van der Waals surface area (Å²) in [6.07, 6.45) is 4.73. The lowest BCUT2D eigenvalue weighted by Crippen LogP contribution is -2.38. The Labute approximate surface area is 150 Å². The molecule has 1 aliphatic carbocycles. The molecule has 0 bridgehead atoms. The van der Waals surface area contributed by atoms with Crippen molar-refractivity contribution in [3.63, 3.8) is 0 Å². The molecule has 1 aromatic carbocycles. The Kier molecular flexibility index (Phi) is 4.58. The van der Waals surface area contributed by atoms with Crippen molar-refractivity contribution in [2.24, 2.45) is 11.8 Å². The summed E-state index contributed by atoms with van der Waals surface area (Å²) in [4.78, 5) is 48.8. The van der Waals surface area contributed by atoms with Crippen LogP contribution in [0.5, 0.6) is 0 Å². The van der Waals surface area contributed by atoms with Crippen molar-refractivity contribution in [2.45, 2.75) is 26.7 Å². The van der Waals surface area contributed by atoms with E-state index in [0.29, 0.717) is 18.4 Å². The molecule has 1 saturated heterocycles. The van der Waals surface area contributed by atoms with Gasteiger partial charge >= 0.3 is 0 Å². The SMILES string of the molecule is Cc1ccc([N+](=O)[O-])c(NC(=O)CN2C(=O)[C@H]3CC=CC[C@H]3C2=O)c1C. The van der Waals surface area contributed by atoms with E-state index in [9.17, 15) is 24.5 Å². The Morgan fingerprint density at radius 1 is 1.19 bits per heavy atom. The highest BCUT2D eigenvalue weighted by atomic mass is 16.6. The Bertz CT molecular complexity index is 819. The topological polar surface area (TPSA) is 110 Å². The van der Waals surface area contributed by atoms with E-state index in [-0.39, 0.29) is 23.2 Å². The summed E-state index contributed by atoms with van der Waals surface area (Å²) in [7, 11) is 0. The van der Waals surface area contributed by atoms with E-state index in [0.717, 1.165) is 10.5 Å². The first kappa shape index (κ1) is 17.8. The first-order chi connectivity index (χ1) is 12.3. The molecule has 0 unspecified atom stereocenters. The van der Waals surface area contributed by atoms with Gasteiger partial charge in [-0.25, -0.2) is 0 Å². The normalized spacial score (nSPS) is 21.7. The molecular formula is C18H19N3O5. The number of nitrogens with one attached hydrogen (secondary N) is 1. The number of fused-ring (bicyclic) bond motifs is 1. The van der Waals surface area contributed by atoms with Crippen LogP contribution in [0.4, 0.5) is 11.4 Å². The fraction of sp³-hybridized carbons (Fsp3) is 0.389. The highest BCUT2D eigenvalue weighted by Crippen LogP contribution is 2.35. The van der Waals surface area contributed by atoms with Crippen molar-refractivity contribution in [3.8, 4) is 0 Å². The predicted molar refractivity (Wildman–Crippen MR) is 93.3 cm³/mol. The van der Waals surface area contributed by atoms with Crippen LogP contribution in [0.1, 0.15) is 24.0 Å². The minimum Gasteiger partial charge on any atom is -0.319 e. The van der Waals surface area contributed by atoms with Crippen molar-refractivity contribution in [3.05, 3.63) is 45.5 Å². The third kappa shape index (κ3) is 2.98. The highest BCUT2D eigenvalue weighted by molar-refractivity contribution is 6.09. The van der Waals surface area contributed by atoms with E-state index in [4.69, 9.17) is 0 Å². The second-order valence-corrected chi connectivity index (χ2v) is 6.63. The van der Waals surface area contributed by atoms with Gasteiger partial charge in [-0.2, -0.15) is 0 Å². The zero-order valence-corrected chi connectivity index (χ0v) is 14.5. The lowest BCUT2D eigenvalue weighted by Gasteiger charge is -2.16. The number of nitrogens with zero attached hydrogens (tertiary/aromatic N) is 2. The first-order valence-corrected chi connectivity index (χ1v) is 8.36. The van der Waals surface area contributed by atoms with Crippen LogP contribution >= 0.6 is 0 Å². The van der Waals surface area contributed by atoms with E-state index >= 15 is 0 Å². The van der Waals surface area contributed by atoms with Crippen molar-refractivity contribution in [2.75, 3.05) is 11.9 Å². The maximum atomic E-state index is 12.4. The minimum absolute atomic E-state index is 0.0955. The summed E-state index contributed by atoms with van der Waals surface area (Å²) in [5.74, 6) is -2.15. The number of likely N-dealkylation sites (tertiary alicyclic amines) is 1. The van der Waals surface area contributed by atoms with Crippen LogP contribution < -0.4 is 5.32 Å². The largest absolute Gasteiger partial charge is 0.319 e. The van der Waals surface area contributed by atoms with Crippen molar-refractivity contribution in [1.29, 1.82) is 0 Å². The van der Waals surface area contributed by atoms with Gasteiger partial charge < -0.3 is 5.32 Å². The van der Waals surface area contributed by atoms with Gasteiger partial charge in [0.2, 0.25) is 17.7 Å². The molecule has 1 N–H and O–H groups in total. The lowest BCUT2D eigenvalue weighted by molar-refractivity contribution is -0.384. The summed E-state index contributed by atoms with van der Waals surface area (Å²) in [5.41, 5.74) is 1.23. The van der Waals surface area contributed by atoms with Crippen LogP contribution in [-0.2, 0) is 14.4 Å². The van der Waals surface area contributed by atoms with Gasteiger partial charge in [-0.05, 0) is 37.8 Å². The molecule has 1 fully saturated rings. The molecule has 0 spiro atoms. The van der Waals surface area contributed by atoms with E-state index in [2.05, 4.69) is 5.32 Å². The molecule has 2 aliphatic rings. The van der Waals surface area contributed by atoms with Crippen LogP contribution in [-0.4, -0.2) is 34.1 Å². The van der Waals surface area contributed by atoms with Crippen LogP contribution in [0, 0.1) is 35.8 Å². The van der Waals surface area contributed by atoms with Crippen LogP contribution in [0.2, 0.25) is 0 Å². The summed E-state index contributed by atoms with van der Waals surface area (Å²) in [6.45, 7) is 3.01. The number of allylic oxidation sites excluding steroid dienone is 2. The second-order valence-electron chi connectivity index (χ2n) is 6.63. The maximum absolute atomic E-state index is 12.4. The fourth-order valence-electron chi connectivity index (χ4n) is 3.46. The molecule has 0 aromatic heterocycles. The van der Waals surface area contributed by atoms with E-state index in [1.54, 1.807) is 19.9 Å². The fourth-order valence-corrected chi connectivity index (χ4v) is 3.46. The maximum Gasteiger partial charge on any atom is 0.293 e. The molecule has 1 heterocycles. The van der Waals surface area contributed by atoms with Gasteiger partial charge in [0.25, 0.3) is 5.69 Å². The zero-order chi connectivity index (χ0) is 19.0. The number of aryl methyl sites for hydroxylation is 1. The van der Waals surface area contributed by atoms with Gasteiger partial charge in [0, 0.05) is 6.07 Å². The summed E-state index contributed by atoms with van der Waals surface area (Å²) in [5, 5.41) is 13.7. The van der Waals surface area contributed by atoms with E-state index in [1.807, 2.05) is 12.2 Å². The third-order valence-electron chi connectivity index (χ3n) is 5.08. The van der Waals surface area contributed by atoms with Gasteiger partial charge in [0.15, 0.2) is 0 Å². The third-order valence-corrected chi connectivity index (χ3v) is 5.08. The molecule has 8 heteroatoms. The van der Waals surface area contributed by atoms with Gasteiger partial charge in [0.1, 0.15) is 12.2 Å². The lowest BCUT2D eigenvalue weighted by atomic mass is 9.85. The number of carbonyl (C=O) groups is 3. The van der Waals surface area contributed by atoms with Crippen molar-refractivity contribution >= 4 is 29.1 Å². The number of imide groups is 1. The number of hydrogen-bond donors (Lipinski definition) is 1. The summed E-state index contributed by atoms with van der Waals surface area (Å²) >= 11 is 0. The van der Waals surface area contributed by atoms with E-state index < -0.39 is 29.2 Å². The van der Waals surface area contributed by atoms with E-state index in [1.165, 1.54) is 6.07 Å². The van der Waals surface area contributed by atoms with Gasteiger partial charge in [-0.15, -0.1) is 0 Å². The molecule has 1 aliphatic heterocycles. The molecule has 0 saturated carbocycles. The van der Waals surface area contributed by atoms with Gasteiger partial charge in [0.05, 0.1) is 16.8 Å². The Hall–Kier alpha value is -3.03. The number of anilines is 1. The molecule has 8 nitrogen and oxygen atoms in total. The first-order valence-electron chi connectivity index (χ1n) is 8.36. The van der Waals surface area contributed by atoms with Gasteiger partial charge in [-0.3, -0.25) is 29.4 Å². The number of nitro groups is 1. The number of nitro benzene ring substituents is 1. The van der Waals surface area contributed by atoms with Gasteiger partial charge in [-0.1, -0.05) is 18.2 Å². The number of hydrogen-bond acceptors (Lipinski definition) is 5. The molecule has 3 rings (SSSR count). The Balaban J connectivity index is 1.78. The molecule has 3 amide bonds. The Morgan fingerprint density at radius 3 is 2.31 bits per heavy atom. The molecule has 2 atom stereocenters.